The van der Waals surface area contributed by atoms with Gasteiger partial charge in [0.25, 0.3) is 0 Å². The summed E-state index contributed by atoms with van der Waals surface area (Å²) in [7, 11) is 0. The third-order valence-electron chi connectivity index (χ3n) is 2.52. The molecular formula is C11H16N4OS. The molecule has 0 amide bonds. The molecule has 2 aromatic heterocycles. The molecule has 0 unspecified atom stereocenters. The number of aliphatic hydroxyl groups is 1. The lowest BCUT2D eigenvalue weighted by Crippen LogP contribution is -2.24. The molecule has 5 nitrogen and oxygen atoms in total. The lowest BCUT2D eigenvalue weighted by molar-refractivity contribution is 0.268. The summed E-state index contributed by atoms with van der Waals surface area (Å²) in [6.07, 6.45) is 1.90. The lowest BCUT2D eigenvalue weighted by Gasteiger charge is -2.16. The van der Waals surface area contributed by atoms with Crippen molar-refractivity contribution in [3.8, 4) is 0 Å². The quantitative estimate of drug-likeness (QED) is 0.756. The Kier molecular flexibility index (Phi) is 3.75. The Morgan fingerprint density at radius 3 is 3.06 bits per heavy atom. The van der Waals surface area contributed by atoms with Crippen LogP contribution in [0.5, 0.6) is 0 Å². The van der Waals surface area contributed by atoms with Gasteiger partial charge in [0.1, 0.15) is 5.82 Å². The number of aromatic nitrogens is 2. The number of nitrogens with two attached hydrogens (primary N) is 1. The Hall–Kier alpha value is -1.40. The summed E-state index contributed by atoms with van der Waals surface area (Å²) >= 11 is 1.57. The molecule has 0 saturated carbocycles. The normalized spacial score (nSPS) is 12.8. The zero-order valence-electron chi connectivity index (χ0n) is 9.68. The zero-order valence-corrected chi connectivity index (χ0v) is 10.5. The Morgan fingerprint density at radius 1 is 1.53 bits per heavy atom. The van der Waals surface area contributed by atoms with Gasteiger partial charge in [0, 0.05) is 0 Å². The lowest BCUT2D eigenvalue weighted by atomic mass is 10.2. The molecule has 0 saturated heterocycles. The fraction of sp³-hybridized carbons (Fsp3) is 0.455. The fourth-order valence-corrected chi connectivity index (χ4v) is 2.51. The van der Waals surface area contributed by atoms with Crippen molar-refractivity contribution in [2.24, 2.45) is 0 Å². The summed E-state index contributed by atoms with van der Waals surface area (Å²) < 4.78 is 0.980. The summed E-state index contributed by atoms with van der Waals surface area (Å²) in [5.74, 6) is 0.974. The van der Waals surface area contributed by atoms with Gasteiger partial charge in [0.15, 0.2) is 0 Å². The highest BCUT2D eigenvalue weighted by molar-refractivity contribution is 7.17. The maximum Gasteiger partial charge on any atom is 0.222 e. The van der Waals surface area contributed by atoms with Crippen molar-refractivity contribution in [3.05, 3.63) is 11.4 Å². The van der Waals surface area contributed by atoms with Crippen LogP contribution >= 0.6 is 11.3 Å². The molecule has 2 heterocycles. The summed E-state index contributed by atoms with van der Waals surface area (Å²) in [4.78, 5) is 8.35. The van der Waals surface area contributed by atoms with Crippen molar-refractivity contribution in [3.63, 3.8) is 0 Å². The van der Waals surface area contributed by atoms with E-state index in [0.717, 1.165) is 28.9 Å². The largest absolute Gasteiger partial charge is 0.394 e. The van der Waals surface area contributed by atoms with Crippen molar-refractivity contribution in [2.75, 3.05) is 17.7 Å². The maximum atomic E-state index is 9.28. The van der Waals surface area contributed by atoms with Gasteiger partial charge in [0.2, 0.25) is 5.95 Å². The minimum Gasteiger partial charge on any atom is -0.394 e. The Morgan fingerprint density at radius 2 is 2.35 bits per heavy atom. The Bertz CT molecular complexity index is 499. The smallest absolute Gasteiger partial charge is 0.222 e. The maximum absolute atomic E-state index is 9.28. The Balaban J connectivity index is 2.30. The van der Waals surface area contributed by atoms with Crippen molar-refractivity contribution in [1.29, 1.82) is 0 Å². The van der Waals surface area contributed by atoms with Gasteiger partial charge in [-0.1, -0.05) is 13.3 Å². The predicted octanol–water partition coefficient (Wildman–Crippen LogP) is 1.85. The molecule has 0 aliphatic heterocycles. The second-order valence-electron chi connectivity index (χ2n) is 3.88. The highest BCUT2D eigenvalue weighted by Gasteiger charge is 2.12. The van der Waals surface area contributed by atoms with Gasteiger partial charge in [-0.25, -0.2) is 4.98 Å². The van der Waals surface area contributed by atoms with Gasteiger partial charge in [0.05, 0.1) is 22.9 Å². The van der Waals surface area contributed by atoms with E-state index < -0.39 is 0 Å². The van der Waals surface area contributed by atoms with Gasteiger partial charge in [-0.05, 0) is 17.9 Å². The van der Waals surface area contributed by atoms with Crippen molar-refractivity contribution >= 4 is 33.3 Å². The molecule has 0 spiro atoms. The van der Waals surface area contributed by atoms with E-state index in [0.29, 0.717) is 0 Å². The first-order chi connectivity index (χ1) is 8.24. The SMILES string of the molecule is CCC[C@@H](CO)Nc1nc(N)nc2ccsc12. The molecule has 2 rings (SSSR count). The van der Waals surface area contributed by atoms with Gasteiger partial charge in [-0.2, -0.15) is 4.98 Å². The highest BCUT2D eigenvalue weighted by atomic mass is 32.1. The first-order valence-corrected chi connectivity index (χ1v) is 6.50. The molecular weight excluding hydrogens is 236 g/mol. The van der Waals surface area contributed by atoms with E-state index in [1.54, 1.807) is 11.3 Å². The number of thiophene rings is 1. The molecule has 1 atom stereocenters. The number of nitrogens with zero attached hydrogens (tertiary/aromatic N) is 2. The number of hydrogen-bond donors (Lipinski definition) is 3. The number of nitrogen functional groups attached to an aromatic ring is 1. The van der Waals surface area contributed by atoms with Crippen molar-refractivity contribution in [2.45, 2.75) is 25.8 Å². The van der Waals surface area contributed by atoms with Gasteiger partial charge < -0.3 is 16.2 Å². The van der Waals surface area contributed by atoms with E-state index in [9.17, 15) is 5.11 Å². The number of rotatable bonds is 5. The first-order valence-electron chi connectivity index (χ1n) is 5.62. The topological polar surface area (TPSA) is 84.1 Å². The predicted molar refractivity (Wildman–Crippen MR) is 71.2 cm³/mol. The minimum atomic E-state index is 0.0135. The van der Waals surface area contributed by atoms with E-state index in [2.05, 4.69) is 22.2 Å². The second-order valence-corrected chi connectivity index (χ2v) is 4.79. The third kappa shape index (κ3) is 2.65. The molecule has 0 aromatic carbocycles. The van der Waals surface area contributed by atoms with E-state index in [-0.39, 0.29) is 18.6 Å². The van der Waals surface area contributed by atoms with Crippen LogP contribution in [0, 0.1) is 0 Å². The number of nitrogens with one attached hydrogen (secondary N) is 1. The van der Waals surface area contributed by atoms with Crippen LogP contribution in [0.4, 0.5) is 11.8 Å². The standard InChI is InChI=1S/C11H16N4OS/c1-2-3-7(6-16)13-10-9-8(4-5-17-9)14-11(12)15-10/h4-5,7,16H,2-3,6H2,1H3,(H3,12,13,14,15)/t7-/m0/s1. The molecule has 17 heavy (non-hydrogen) atoms. The monoisotopic (exact) mass is 252 g/mol. The molecule has 0 bridgehead atoms. The van der Waals surface area contributed by atoms with Crippen LogP contribution in [0.3, 0.4) is 0 Å². The van der Waals surface area contributed by atoms with Gasteiger partial charge in [-0.3, -0.25) is 0 Å². The van der Waals surface area contributed by atoms with Crippen LogP contribution in [0.2, 0.25) is 0 Å². The van der Waals surface area contributed by atoms with E-state index in [1.165, 1.54) is 0 Å². The average molecular weight is 252 g/mol. The molecule has 0 aliphatic carbocycles. The highest BCUT2D eigenvalue weighted by Crippen LogP contribution is 2.27. The molecule has 4 N–H and O–H groups in total. The van der Waals surface area contributed by atoms with Crippen LogP contribution in [-0.2, 0) is 0 Å². The summed E-state index contributed by atoms with van der Waals surface area (Å²) in [6, 6.07) is 1.93. The van der Waals surface area contributed by atoms with Crippen LogP contribution in [0.1, 0.15) is 19.8 Å². The van der Waals surface area contributed by atoms with Crippen LogP contribution in [-0.4, -0.2) is 27.7 Å². The van der Waals surface area contributed by atoms with Crippen LogP contribution in [0.15, 0.2) is 11.4 Å². The molecule has 0 fully saturated rings. The molecule has 92 valence electrons. The first kappa shape index (κ1) is 12.1. The second kappa shape index (κ2) is 5.29. The van der Waals surface area contributed by atoms with Crippen molar-refractivity contribution < 1.29 is 5.11 Å². The number of fused-ring (bicyclic) bond motifs is 1. The van der Waals surface area contributed by atoms with E-state index in [4.69, 9.17) is 5.73 Å². The summed E-state index contributed by atoms with van der Waals surface area (Å²) in [5.41, 5.74) is 6.50. The third-order valence-corrected chi connectivity index (χ3v) is 3.43. The van der Waals surface area contributed by atoms with Crippen LogP contribution in [0.25, 0.3) is 10.2 Å². The number of anilines is 2. The summed E-state index contributed by atoms with van der Waals surface area (Å²) in [6.45, 7) is 2.17. The molecule has 0 radical (unpaired) electrons. The van der Waals surface area contributed by atoms with Crippen molar-refractivity contribution in [1.82, 2.24) is 9.97 Å². The van der Waals surface area contributed by atoms with Gasteiger partial charge in [-0.15, -0.1) is 11.3 Å². The average Bonchev–Trinajstić information content (AvgIpc) is 2.76. The molecule has 0 aliphatic rings. The number of aliphatic hydroxyl groups excluding tert-OH is 1. The Labute approximate surface area is 104 Å². The van der Waals surface area contributed by atoms with E-state index >= 15 is 0 Å². The fourth-order valence-electron chi connectivity index (χ4n) is 1.73. The minimum absolute atomic E-state index is 0.0135. The zero-order chi connectivity index (χ0) is 12.3. The van der Waals surface area contributed by atoms with Crippen LogP contribution < -0.4 is 11.1 Å². The summed E-state index contributed by atoms with van der Waals surface area (Å²) in [5, 5.41) is 14.5. The number of hydrogen-bond acceptors (Lipinski definition) is 6. The van der Waals surface area contributed by atoms with E-state index in [1.807, 2.05) is 11.4 Å². The molecule has 2 aromatic rings. The molecule has 6 heteroatoms. The van der Waals surface area contributed by atoms with Gasteiger partial charge >= 0.3 is 0 Å².